The summed E-state index contributed by atoms with van der Waals surface area (Å²) in [5.41, 5.74) is 1.62. The summed E-state index contributed by atoms with van der Waals surface area (Å²) in [6.45, 7) is -2.44. The molecule has 0 unspecified atom stereocenters. The smallest absolute Gasteiger partial charge is 0.229 e. The molecule has 3 aromatic heterocycles. The summed E-state index contributed by atoms with van der Waals surface area (Å²) in [4.78, 5) is 25.3. The molecule has 8 heteroatoms. The maximum Gasteiger partial charge on any atom is 0.229 e. The molecule has 3 heterocycles. The van der Waals surface area contributed by atoms with E-state index in [0.29, 0.717) is 39.0 Å². The number of fused-ring (bicyclic) bond motifs is 2. The van der Waals surface area contributed by atoms with Gasteiger partial charge in [0, 0.05) is 40.2 Å². The van der Waals surface area contributed by atoms with Gasteiger partial charge in [0.25, 0.3) is 0 Å². The van der Waals surface area contributed by atoms with Gasteiger partial charge in [0.2, 0.25) is 11.8 Å². The van der Waals surface area contributed by atoms with Crippen LogP contribution < -0.4 is 15.4 Å². The van der Waals surface area contributed by atoms with Crippen molar-refractivity contribution in [2.45, 2.75) is 12.8 Å². The van der Waals surface area contributed by atoms with Gasteiger partial charge in [-0.3, -0.25) is 4.79 Å². The van der Waals surface area contributed by atoms with Gasteiger partial charge < -0.3 is 19.8 Å². The zero-order valence-corrected chi connectivity index (χ0v) is 15.5. The Kier molecular flexibility index (Phi) is 3.33. The Balaban J connectivity index is 1.67. The second-order valence-corrected chi connectivity index (χ2v) is 6.85. The number of benzene rings is 1. The van der Waals surface area contributed by atoms with Crippen LogP contribution in [0.5, 0.6) is 5.75 Å². The highest BCUT2D eigenvalue weighted by molar-refractivity contribution is 6.03. The minimum Gasteiger partial charge on any atom is -0.494 e. The van der Waals surface area contributed by atoms with Crippen LogP contribution in [0.25, 0.3) is 33.3 Å². The van der Waals surface area contributed by atoms with Crippen molar-refractivity contribution in [3.8, 4) is 17.2 Å². The number of pyridine rings is 2. The standard InChI is InChI=1S/C21H19N5O3/c1-22-19-13-9-23-17(25-20(27)11-6-7-11)8-12(13)14(10-24-19)21-26-18-15(28-2)4-3-5-16(18)29-21/h3-5,8-11H,6-7H2,1-2H3,(H,22,24)(H,23,25,27)/i1D3. The van der Waals surface area contributed by atoms with Gasteiger partial charge in [0.1, 0.15) is 17.4 Å². The van der Waals surface area contributed by atoms with Crippen LogP contribution in [-0.4, -0.2) is 34.9 Å². The molecule has 0 saturated heterocycles. The van der Waals surface area contributed by atoms with Crippen molar-refractivity contribution >= 4 is 39.4 Å². The molecular weight excluding hydrogens is 370 g/mol. The van der Waals surface area contributed by atoms with Crippen LogP contribution in [-0.2, 0) is 4.79 Å². The van der Waals surface area contributed by atoms with Crippen LogP contribution in [0.15, 0.2) is 41.1 Å². The van der Waals surface area contributed by atoms with Crippen molar-refractivity contribution in [3.63, 3.8) is 0 Å². The van der Waals surface area contributed by atoms with Crippen molar-refractivity contribution in [3.05, 3.63) is 36.7 Å². The topological polar surface area (TPSA) is 102 Å². The van der Waals surface area contributed by atoms with Gasteiger partial charge in [0.05, 0.1) is 12.7 Å². The summed E-state index contributed by atoms with van der Waals surface area (Å²) in [5.74, 6) is 1.28. The zero-order valence-electron chi connectivity index (χ0n) is 18.5. The number of hydrogen-bond acceptors (Lipinski definition) is 7. The summed E-state index contributed by atoms with van der Waals surface area (Å²) in [6, 6.07) is 7.02. The first-order chi connectivity index (χ1) is 15.3. The van der Waals surface area contributed by atoms with E-state index in [2.05, 4.69) is 25.6 Å². The van der Waals surface area contributed by atoms with Crippen molar-refractivity contribution in [2.75, 3.05) is 24.7 Å². The molecule has 5 rings (SSSR count). The van der Waals surface area contributed by atoms with Crippen molar-refractivity contribution < 1.29 is 18.1 Å². The summed E-state index contributed by atoms with van der Waals surface area (Å²) >= 11 is 0. The van der Waals surface area contributed by atoms with Crippen molar-refractivity contribution in [1.82, 2.24) is 15.0 Å². The molecule has 1 amide bonds. The Morgan fingerprint density at radius 1 is 1.28 bits per heavy atom. The second kappa shape index (κ2) is 6.73. The first-order valence-electron chi connectivity index (χ1n) is 10.6. The van der Waals surface area contributed by atoms with Gasteiger partial charge in [0.15, 0.2) is 11.1 Å². The predicted octanol–water partition coefficient (Wildman–Crippen LogP) is 3.84. The molecule has 0 aliphatic heterocycles. The first kappa shape index (κ1) is 14.3. The first-order valence-corrected chi connectivity index (χ1v) is 9.14. The Bertz CT molecular complexity index is 1350. The van der Waals surface area contributed by atoms with E-state index in [-0.39, 0.29) is 23.5 Å². The van der Waals surface area contributed by atoms with Crippen LogP contribution in [0.4, 0.5) is 11.6 Å². The molecule has 146 valence electrons. The molecule has 1 fully saturated rings. The number of hydrogen-bond donors (Lipinski definition) is 2. The monoisotopic (exact) mass is 392 g/mol. The fourth-order valence-electron chi connectivity index (χ4n) is 3.25. The predicted molar refractivity (Wildman–Crippen MR) is 110 cm³/mol. The third kappa shape index (κ3) is 3.02. The minimum atomic E-state index is -2.44. The number of nitrogens with one attached hydrogen (secondary N) is 2. The van der Waals surface area contributed by atoms with E-state index in [1.165, 1.54) is 12.4 Å². The quantitative estimate of drug-likeness (QED) is 0.532. The average molecular weight is 392 g/mol. The van der Waals surface area contributed by atoms with Crippen LogP contribution >= 0.6 is 0 Å². The lowest BCUT2D eigenvalue weighted by atomic mass is 10.1. The number of anilines is 2. The van der Waals surface area contributed by atoms with Gasteiger partial charge in [-0.1, -0.05) is 6.07 Å². The number of amides is 1. The lowest BCUT2D eigenvalue weighted by molar-refractivity contribution is -0.117. The van der Waals surface area contributed by atoms with E-state index in [1.54, 1.807) is 31.4 Å². The molecule has 29 heavy (non-hydrogen) atoms. The van der Waals surface area contributed by atoms with E-state index in [0.717, 1.165) is 12.8 Å². The molecule has 1 aromatic carbocycles. The van der Waals surface area contributed by atoms with E-state index >= 15 is 0 Å². The number of carbonyl (C=O) groups excluding carboxylic acids is 1. The van der Waals surface area contributed by atoms with Crippen LogP contribution in [0.3, 0.4) is 0 Å². The Labute approximate surface area is 170 Å². The van der Waals surface area contributed by atoms with E-state index in [1.807, 2.05) is 0 Å². The van der Waals surface area contributed by atoms with Gasteiger partial charge in [-0.05, 0) is 31.0 Å². The molecule has 0 spiro atoms. The lowest BCUT2D eigenvalue weighted by Crippen LogP contribution is -2.14. The summed E-state index contributed by atoms with van der Waals surface area (Å²) in [5, 5.41) is 6.28. The van der Waals surface area contributed by atoms with Gasteiger partial charge >= 0.3 is 0 Å². The molecule has 0 atom stereocenters. The molecule has 1 aliphatic rings. The number of oxazole rings is 1. The molecule has 1 aliphatic carbocycles. The van der Waals surface area contributed by atoms with Crippen molar-refractivity contribution in [2.24, 2.45) is 5.92 Å². The molecular formula is C21H19N5O3. The Hall–Kier alpha value is -3.68. The third-order valence-corrected chi connectivity index (χ3v) is 4.92. The molecule has 4 aromatic rings. The number of carbonyl (C=O) groups is 1. The maximum absolute atomic E-state index is 12.2. The van der Waals surface area contributed by atoms with Crippen LogP contribution in [0.2, 0.25) is 0 Å². The molecule has 0 radical (unpaired) electrons. The SMILES string of the molecule is [2H]C([2H])([2H])Nc1ncc(-c2nc3c(OC)cccc3o2)c2cc(NC(=O)C3CC3)ncc12. The third-order valence-electron chi connectivity index (χ3n) is 4.92. The van der Waals surface area contributed by atoms with E-state index in [9.17, 15) is 4.79 Å². The minimum absolute atomic E-state index is 0.0155. The number of methoxy groups -OCH3 is 1. The van der Waals surface area contributed by atoms with E-state index < -0.39 is 6.98 Å². The van der Waals surface area contributed by atoms with Gasteiger partial charge in [-0.25, -0.2) is 15.0 Å². The summed E-state index contributed by atoms with van der Waals surface area (Å²) in [6.07, 6.45) is 4.70. The Morgan fingerprint density at radius 2 is 2.17 bits per heavy atom. The fraction of sp³-hybridized carbons (Fsp3) is 0.238. The summed E-state index contributed by atoms with van der Waals surface area (Å²) < 4.78 is 33.9. The van der Waals surface area contributed by atoms with Crippen LogP contribution in [0, 0.1) is 5.92 Å². The average Bonchev–Trinajstić information content (AvgIpc) is 3.51. The Morgan fingerprint density at radius 3 is 2.97 bits per heavy atom. The number of aromatic nitrogens is 3. The van der Waals surface area contributed by atoms with Gasteiger partial charge in [-0.2, -0.15) is 0 Å². The maximum atomic E-state index is 12.2. The number of para-hydroxylation sites is 1. The lowest BCUT2D eigenvalue weighted by Gasteiger charge is -2.10. The summed E-state index contributed by atoms with van der Waals surface area (Å²) in [7, 11) is 1.55. The molecule has 1 saturated carbocycles. The fourth-order valence-corrected chi connectivity index (χ4v) is 3.25. The molecule has 0 bridgehead atoms. The normalized spacial score (nSPS) is 15.6. The van der Waals surface area contributed by atoms with Crippen LogP contribution in [0.1, 0.15) is 17.0 Å². The van der Waals surface area contributed by atoms with E-state index in [4.69, 9.17) is 13.3 Å². The highest BCUT2D eigenvalue weighted by Crippen LogP contribution is 2.36. The zero-order chi connectivity index (χ0) is 22.5. The second-order valence-electron chi connectivity index (χ2n) is 6.85. The van der Waals surface area contributed by atoms with Gasteiger partial charge in [-0.15, -0.1) is 0 Å². The highest BCUT2D eigenvalue weighted by atomic mass is 16.5. The number of ether oxygens (including phenoxy) is 1. The molecule has 2 N–H and O–H groups in total. The largest absolute Gasteiger partial charge is 0.494 e. The van der Waals surface area contributed by atoms with Crippen molar-refractivity contribution in [1.29, 1.82) is 0 Å². The highest BCUT2D eigenvalue weighted by Gasteiger charge is 2.30. The molecule has 8 nitrogen and oxygen atoms in total. The number of rotatable bonds is 5. The number of nitrogens with zero attached hydrogens (tertiary/aromatic N) is 3.